The molecule has 51 heavy (non-hydrogen) atoms. The van der Waals surface area contributed by atoms with Gasteiger partial charge in [0.05, 0.1) is 56.2 Å². The molecule has 4 aromatic carbocycles. The third kappa shape index (κ3) is 6.73. The van der Waals surface area contributed by atoms with Crippen LogP contribution >= 0.6 is 0 Å². The summed E-state index contributed by atoms with van der Waals surface area (Å²) < 4.78 is 10.4. The van der Waals surface area contributed by atoms with Crippen molar-refractivity contribution in [1.29, 1.82) is 0 Å². The zero-order valence-corrected chi connectivity index (χ0v) is 28.3. The molecule has 2 aliphatic rings. The average molecular weight is 682 g/mol. The van der Waals surface area contributed by atoms with Crippen molar-refractivity contribution < 1.29 is 19.1 Å². The highest BCUT2D eigenvalue weighted by Gasteiger charge is 2.37. The first-order valence-electron chi connectivity index (χ1n) is 17.3. The molecule has 11 nitrogen and oxygen atoms in total. The smallest absolute Gasteiger partial charge is 0.407 e. The van der Waals surface area contributed by atoms with E-state index in [1.54, 1.807) is 4.90 Å². The van der Waals surface area contributed by atoms with Crippen LogP contribution in [0.15, 0.2) is 103 Å². The molecule has 0 radical (unpaired) electrons. The largest absolute Gasteiger partial charge is 0.453 e. The van der Waals surface area contributed by atoms with Crippen LogP contribution in [0.1, 0.15) is 48.2 Å². The quantitative estimate of drug-likeness (QED) is 0.140. The van der Waals surface area contributed by atoms with Crippen LogP contribution in [0.2, 0.25) is 0 Å². The van der Waals surface area contributed by atoms with E-state index in [0.29, 0.717) is 18.7 Å². The van der Waals surface area contributed by atoms with Gasteiger partial charge >= 0.3 is 6.09 Å². The summed E-state index contributed by atoms with van der Waals surface area (Å²) in [5, 5.41) is 8.48. The van der Waals surface area contributed by atoms with Crippen molar-refractivity contribution in [3.05, 3.63) is 121 Å². The molecule has 3 atom stereocenters. The third-order valence-electron chi connectivity index (χ3n) is 9.80. The number of rotatable bonds is 8. The maximum absolute atomic E-state index is 13.9. The van der Waals surface area contributed by atoms with E-state index in [-0.39, 0.29) is 18.0 Å². The number of benzene rings is 4. The Morgan fingerprint density at radius 3 is 2.25 bits per heavy atom. The van der Waals surface area contributed by atoms with Crippen molar-refractivity contribution in [2.75, 3.05) is 33.4 Å². The highest BCUT2D eigenvalue weighted by Crippen LogP contribution is 2.35. The number of nitrogens with one attached hydrogen (secondary N) is 4. The second-order valence-electron chi connectivity index (χ2n) is 13.0. The number of likely N-dealkylation sites (tertiary alicyclic amines) is 1. The minimum Gasteiger partial charge on any atom is -0.453 e. The number of carbonyl (C=O) groups is 2. The Bertz CT molecular complexity index is 2150. The lowest BCUT2D eigenvalue weighted by atomic mass is 9.98. The van der Waals surface area contributed by atoms with Crippen LogP contribution < -0.4 is 10.6 Å². The fraction of sp³-hybridized carbons (Fsp3) is 0.250. The van der Waals surface area contributed by atoms with Crippen molar-refractivity contribution in [2.24, 2.45) is 0 Å². The molecule has 11 heteroatoms. The number of amides is 2. The number of nitrogens with zero attached hydrogens (tertiary/aromatic N) is 3. The van der Waals surface area contributed by atoms with Gasteiger partial charge in [0, 0.05) is 18.7 Å². The molecular formula is C40H39N7O4. The summed E-state index contributed by atoms with van der Waals surface area (Å²) in [5.41, 5.74) is 6.90. The van der Waals surface area contributed by atoms with E-state index in [0.717, 1.165) is 82.1 Å². The van der Waals surface area contributed by atoms with Gasteiger partial charge in [-0.15, -0.1) is 0 Å². The number of alkyl carbamates (subject to hydrolysis) is 1. The fourth-order valence-electron chi connectivity index (χ4n) is 7.08. The summed E-state index contributed by atoms with van der Waals surface area (Å²) in [7, 11) is 1.29. The summed E-state index contributed by atoms with van der Waals surface area (Å²) in [4.78, 5) is 44.1. The Kier molecular flexibility index (Phi) is 9.04. The number of hydrogen-bond donors (Lipinski definition) is 4. The molecule has 4 heterocycles. The number of H-pyrrole nitrogens is 2. The van der Waals surface area contributed by atoms with Gasteiger partial charge in [0.1, 0.15) is 17.7 Å². The number of ether oxygens (including phenoxy) is 2. The van der Waals surface area contributed by atoms with Crippen molar-refractivity contribution in [3.8, 4) is 33.6 Å². The molecule has 0 spiro atoms. The van der Waals surface area contributed by atoms with E-state index in [1.807, 2.05) is 42.7 Å². The van der Waals surface area contributed by atoms with E-state index in [1.165, 1.54) is 7.11 Å². The van der Waals surface area contributed by atoms with Crippen molar-refractivity contribution >= 4 is 22.8 Å². The average Bonchev–Trinajstić information content (AvgIpc) is 3.99. The first-order chi connectivity index (χ1) is 25.0. The van der Waals surface area contributed by atoms with Crippen LogP contribution in [-0.2, 0) is 14.3 Å². The summed E-state index contributed by atoms with van der Waals surface area (Å²) >= 11 is 0. The lowest BCUT2D eigenvalue weighted by Gasteiger charge is -2.28. The van der Waals surface area contributed by atoms with Crippen molar-refractivity contribution in [1.82, 2.24) is 35.5 Å². The number of aromatic nitrogens is 4. The molecule has 2 saturated heterocycles. The molecule has 2 aliphatic heterocycles. The van der Waals surface area contributed by atoms with Gasteiger partial charge in [-0.3, -0.25) is 4.79 Å². The molecule has 6 aromatic rings. The van der Waals surface area contributed by atoms with E-state index in [2.05, 4.69) is 86.2 Å². The monoisotopic (exact) mass is 681 g/mol. The summed E-state index contributed by atoms with van der Waals surface area (Å²) in [6.07, 6.45) is 4.67. The Hall–Kier alpha value is -5.78. The Morgan fingerprint density at radius 2 is 1.51 bits per heavy atom. The second-order valence-corrected chi connectivity index (χ2v) is 13.0. The summed E-state index contributed by atoms with van der Waals surface area (Å²) in [5.74, 6) is 1.43. The highest BCUT2D eigenvalue weighted by atomic mass is 16.5. The van der Waals surface area contributed by atoms with Crippen LogP contribution in [0.3, 0.4) is 0 Å². The standard InChI is InChI=1S/C40H39N7O4/c1-50-40(49)46-36(27-6-3-2-4-7-27)39(48)47-18-5-8-35(47)38-43-22-32(45-38)26-11-9-25(10-12-26)28-13-14-30-21-31(16-15-29(30)20-28)33-23-42-37(44-33)34-24-51-19-17-41-34/h2-4,6-7,9-16,20-23,34-36,41H,5,8,17-19,24H2,1H3,(H,42,44)(H,43,45)(H,46,49)/t34-,35-,36+/m0/s1. The fourth-order valence-corrected chi connectivity index (χ4v) is 7.08. The highest BCUT2D eigenvalue weighted by molar-refractivity contribution is 5.91. The lowest BCUT2D eigenvalue weighted by molar-refractivity contribution is -0.134. The predicted octanol–water partition coefficient (Wildman–Crippen LogP) is 6.71. The van der Waals surface area contributed by atoms with Crippen LogP contribution in [-0.4, -0.2) is 70.2 Å². The number of fused-ring (bicyclic) bond motifs is 1. The molecule has 0 unspecified atom stereocenters. The Labute approximate surface area is 295 Å². The molecule has 2 aromatic heterocycles. The van der Waals surface area contributed by atoms with Crippen LogP contribution in [0, 0.1) is 0 Å². The first-order valence-corrected chi connectivity index (χ1v) is 17.3. The van der Waals surface area contributed by atoms with E-state index >= 15 is 0 Å². The molecular weight excluding hydrogens is 642 g/mol. The van der Waals surface area contributed by atoms with Gasteiger partial charge in [-0.05, 0) is 58.0 Å². The first kappa shape index (κ1) is 32.4. The third-order valence-corrected chi connectivity index (χ3v) is 9.80. The molecule has 2 amide bonds. The van der Waals surface area contributed by atoms with E-state index in [4.69, 9.17) is 14.5 Å². The maximum atomic E-state index is 13.9. The van der Waals surface area contributed by atoms with Gasteiger partial charge in [0.15, 0.2) is 0 Å². The van der Waals surface area contributed by atoms with Crippen LogP contribution in [0.5, 0.6) is 0 Å². The summed E-state index contributed by atoms with van der Waals surface area (Å²) in [6.45, 7) is 2.75. The maximum Gasteiger partial charge on any atom is 0.407 e. The molecule has 2 fully saturated rings. The normalized spacial score (nSPS) is 18.1. The van der Waals surface area contributed by atoms with Gasteiger partial charge in [-0.25, -0.2) is 14.8 Å². The van der Waals surface area contributed by atoms with Crippen molar-refractivity contribution in [2.45, 2.75) is 31.0 Å². The molecule has 4 N–H and O–H groups in total. The zero-order chi connectivity index (χ0) is 34.7. The van der Waals surface area contributed by atoms with Gasteiger partial charge in [-0.2, -0.15) is 0 Å². The minimum atomic E-state index is -0.859. The molecule has 0 saturated carbocycles. The SMILES string of the molecule is COC(=O)N[C@@H](C(=O)N1CCC[C@H]1c1ncc(-c2ccc(-c3ccc4cc(-c5cnc([C@@H]6COCCN6)[nH]5)ccc4c3)cc2)[nH]1)c1ccccc1. The predicted molar refractivity (Wildman–Crippen MR) is 195 cm³/mol. The number of morpholine rings is 1. The Balaban J connectivity index is 0.967. The second kappa shape index (κ2) is 14.2. The van der Waals surface area contributed by atoms with E-state index in [9.17, 15) is 9.59 Å². The number of imidazole rings is 2. The van der Waals surface area contributed by atoms with Gasteiger partial charge in [0.25, 0.3) is 5.91 Å². The zero-order valence-electron chi connectivity index (χ0n) is 28.3. The van der Waals surface area contributed by atoms with Gasteiger partial charge in [-0.1, -0.05) is 78.9 Å². The van der Waals surface area contributed by atoms with Gasteiger partial charge in [0.2, 0.25) is 0 Å². The van der Waals surface area contributed by atoms with Crippen LogP contribution in [0.4, 0.5) is 4.79 Å². The topological polar surface area (TPSA) is 137 Å². The number of hydrogen-bond acceptors (Lipinski definition) is 7. The molecule has 0 bridgehead atoms. The number of aromatic amines is 2. The number of methoxy groups -OCH3 is 1. The van der Waals surface area contributed by atoms with Gasteiger partial charge < -0.3 is 35.0 Å². The molecule has 258 valence electrons. The van der Waals surface area contributed by atoms with Crippen LogP contribution in [0.25, 0.3) is 44.4 Å². The molecule has 0 aliphatic carbocycles. The summed E-state index contributed by atoms with van der Waals surface area (Å²) in [6, 6.07) is 29.6. The Morgan fingerprint density at radius 1 is 0.843 bits per heavy atom. The van der Waals surface area contributed by atoms with E-state index < -0.39 is 12.1 Å². The minimum absolute atomic E-state index is 0.0852. The number of carbonyl (C=O) groups excluding carboxylic acids is 2. The lowest BCUT2D eigenvalue weighted by Crippen LogP contribution is -2.42. The molecule has 8 rings (SSSR count). The van der Waals surface area contributed by atoms with Crippen molar-refractivity contribution in [3.63, 3.8) is 0 Å².